The van der Waals surface area contributed by atoms with E-state index in [0.29, 0.717) is 0 Å². The van der Waals surface area contributed by atoms with Crippen LogP contribution < -0.4 is 5.73 Å². The molecule has 1 rings (SSSR count). The van der Waals surface area contributed by atoms with E-state index in [1.807, 2.05) is 13.0 Å². The quantitative estimate of drug-likeness (QED) is 0.712. The number of rotatable bonds is 2. The largest absolute Gasteiger partial charge is 0.402 e. The Labute approximate surface area is 85.2 Å². The highest BCUT2D eigenvalue weighted by atomic mass is 14.7. The molecule has 14 heavy (non-hydrogen) atoms. The van der Waals surface area contributed by atoms with Gasteiger partial charge in [-0.25, -0.2) is 0 Å². The molecule has 0 fully saturated rings. The van der Waals surface area contributed by atoms with Crippen molar-refractivity contribution in [2.24, 2.45) is 10.7 Å². The third-order valence-electron chi connectivity index (χ3n) is 2.05. The molecule has 2 heteroatoms. The summed E-state index contributed by atoms with van der Waals surface area (Å²) in [5, 5.41) is 0. The molecule has 0 saturated carbocycles. The van der Waals surface area contributed by atoms with Gasteiger partial charge in [0.05, 0.1) is 5.69 Å². The number of allylic oxidation sites excluding steroid dienone is 2. The zero-order chi connectivity index (χ0) is 10.6. The molecule has 0 aliphatic rings. The van der Waals surface area contributed by atoms with E-state index in [4.69, 9.17) is 5.73 Å². The lowest BCUT2D eigenvalue weighted by molar-refractivity contribution is 1.32. The van der Waals surface area contributed by atoms with Crippen molar-refractivity contribution >= 4 is 11.9 Å². The predicted molar refractivity (Wildman–Crippen MR) is 62.0 cm³/mol. The van der Waals surface area contributed by atoms with Crippen molar-refractivity contribution in [3.63, 3.8) is 0 Å². The van der Waals surface area contributed by atoms with Gasteiger partial charge in [-0.15, -0.1) is 0 Å². The van der Waals surface area contributed by atoms with Crippen LogP contribution in [0.3, 0.4) is 0 Å². The Kier molecular flexibility index (Phi) is 3.46. The molecule has 0 bridgehead atoms. The Morgan fingerprint density at radius 1 is 1.29 bits per heavy atom. The molecule has 74 valence electrons. The van der Waals surface area contributed by atoms with Crippen LogP contribution in [0.1, 0.15) is 18.1 Å². The first-order valence-electron chi connectivity index (χ1n) is 4.63. The summed E-state index contributed by atoms with van der Waals surface area (Å²) in [6.07, 6.45) is 3.51. The Hall–Kier alpha value is -1.57. The summed E-state index contributed by atoms with van der Waals surface area (Å²) in [6.45, 7) is 6.01. The van der Waals surface area contributed by atoms with Crippen LogP contribution in [0, 0.1) is 13.8 Å². The lowest BCUT2D eigenvalue weighted by Crippen LogP contribution is -1.89. The van der Waals surface area contributed by atoms with Gasteiger partial charge in [0.25, 0.3) is 0 Å². The zero-order valence-corrected chi connectivity index (χ0v) is 8.91. The monoisotopic (exact) mass is 188 g/mol. The van der Waals surface area contributed by atoms with E-state index in [2.05, 4.69) is 31.0 Å². The van der Waals surface area contributed by atoms with Crippen LogP contribution in [0.25, 0.3) is 0 Å². The predicted octanol–water partition coefficient (Wildman–Crippen LogP) is 2.87. The molecular weight excluding hydrogens is 172 g/mol. The summed E-state index contributed by atoms with van der Waals surface area (Å²) in [6, 6.07) is 6.13. The normalized spacial score (nSPS) is 12.4. The SMILES string of the molecule is CC(N)=CC=Nc1ccc(C)c(C)c1. The van der Waals surface area contributed by atoms with E-state index in [9.17, 15) is 0 Å². The maximum Gasteiger partial charge on any atom is 0.0632 e. The fourth-order valence-electron chi connectivity index (χ4n) is 1.05. The number of aliphatic imine (C=N–C) groups is 1. The summed E-state index contributed by atoms with van der Waals surface area (Å²) < 4.78 is 0. The molecule has 0 aromatic heterocycles. The average Bonchev–Trinajstić information content (AvgIpc) is 2.10. The van der Waals surface area contributed by atoms with Gasteiger partial charge in [0.2, 0.25) is 0 Å². The topological polar surface area (TPSA) is 38.4 Å². The number of hydrogen-bond donors (Lipinski definition) is 1. The second-order valence-corrected chi connectivity index (χ2v) is 3.46. The number of aryl methyl sites for hydroxylation is 2. The van der Waals surface area contributed by atoms with Crippen molar-refractivity contribution in [3.8, 4) is 0 Å². The lowest BCUT2D eigenvalue weighted by Gasteiger charge is -1.99. The maximum atomic E-state index is 5.48. The van der Waals surface area contributed by atoms with Crippen LogP contribution >= 0.6 is 0 Å². The minimum Gasteiger partial charge on any atom is -0.402 e. The first-order valence-corrected chi connectivity index (χ1v) is 4.63. The molecule has 0 aliphatic carbocycles. The first kappa shape index (κ1) is 10.5. The number of nitrogens with zero attached hydrogens (tertiary/aromatic N) is 1. The smallest absolute Gasteiger partial charge is 0.0632 e. The molecular formula is C12H16N2. The van der Waals surface area contributed by atoms with Gasteiger partial charge in [0, 0.05) is 11.9 Å². The second-order valence-electron chi connectivity index (χ2n) is 3.46. The standard InChI is InChI=1S/C12H16N2/c1-9-4-5-12(8-10(9)2)14-7-6-11(3)13/h4-8H,13H2,1-3H3. The van der Waals surface area contributed by atoms with E-state index in [1.54, 1.807) is 12.3 Å². The molecule has 0 radical (unpaired) electrons. The van der Waals surface area contributed by atoms with Gasteiger partial charge in [-0.3, -0.25) is 4.99 Å². The first-order chi connectivity index (χ1) is 6.59. The van der Waals surface area contributed by atoms with Gasteiger partial charge in [-0.2, -0.15) is 0 Å². The highest BCUT2D eigenvalue weighted by Crippen LogP contribution is 2.16. The fourth-order valence-corrected chi connectivity index (χ4v) is 1.05. The Morgan fingerprint density at radius 3 is 2.57 bits per heavy atom. The summed E-state index contributed by atoms with van der Waals surface area (Å²) in [4.78, 5) is 4.27. The molecule has 2 nitrogen and oxygen atoms in total. The van der Waals surface area contributed by atoms with Crippen LogP contribution in [0.4, 0.5) is 5.69 Å². The van der Waals surface area contributed by atoms with Crippen molar-refractivity contribution in [1.29, 1.82) is 0 Å². The summed E-state index contributed by atoms with van der Waals surface area (Å²) in [5.41, 5.74) is 9.75. The van der Waals surface area contributed by atoms with Crippen LogP contribution in [-0.2, 0) is 0 Å². The van der Waals surface area contributed by atoms with Gasteiger partial charge in [0.15, 0.2) is 0 Å². The molecule has 1 aromatic rings. The van der Waals surface area contributed by atoms with Gasteiger partial charge in [-0.05, 0) is 50.1 Å². The number of hydrogen-bond acceptors (Lipinski definition) is 2. The molecule has 0 atom stereocenters. The molecule has 0 amide bonds. The van der Waals surface area contributed by atoms with Crippen LogP contribution in [-0.4, -0.2) is 6.21 Å². The molecule has 1 aromatic carbocycles. The van der Waals surface area contributed by atoms with Crippen molar-refractivity contribution in [3.05, 3.63) is 41.1 Å². The van der Waals surface area contributed by atoms with Gasteiger partial charge in [-0.1, -0.05) is 6.07 Å². The minimum atomic E-state index is 0.762. The fraction of sp³-hybridized carbons (Fsp3) is 0.250. The average molecular weight is 188 g/mol. The zero-order valence-electron chi connectivity index (χ0n) is 8.91. The van der Waals surface area contributed by atoms with Crippen molar-refractivity contribution in [1.82, 2.24) is 0 Å². The number of nitrogens with two attached hydrogens (primary N) is 1. The Morgan fingerprint density at radius 2 is 2.00 bits per heavy atom. The van der Waals surface area contributed by atoms with E-state index in [1.165, 1.54) is 11.1 Å². The van der Waals surface area contributed by atoms with Crippen LogP contribution in [0.15, 0.2) is 35.0 Å². The summed E-state index contributed by atoms with van der Waals surface area (Å²) >= 11 is 0. The highest BCUT2D eigenvalue weighted by Gasteiger charge is 1.92. The molecule has 0 aliphatic heterocycles. The third-order valence-corrected chi connectivity index (χ3v) is 2.05. The van der Waals surface area contributed by atoms with Gasteiger partial charge < -0.3 is 5.73 Å². The second kappa shape index (κ2) is 4.61. The molecule has 0 spiro atoms. The van der Waals surface area contributed by atoms with Crippen molar-refractivity contribution < 1.29 is 0 Å². The van der Waals surface area contributed by atoms with Crippen LogP contribution in [0.2, 0.25) is 0 Å². The van der Waals surface area contributed by atoms with Gasteiger partial charge in [0.1, 0.15) is 0 Å². The minimum absolute atomic E-state index is 0.762. The maximum absolute atomic E-state index is 5.48. The molecule has 0 saturated heterocycles. The molecule has 0 heterocycles. The van der Waals surface area contributed by atoms with Crippen molar-refractivity contribution in [2.45, 2.75) is 20.8 Å². The summed E-state index contributed by atoms with van der Waals surface area (Å²) in [5.74, 6) is 0. The number of benzene rings is 1. The van der Waals surface area contributed by atoms with E-state index in [0.717, 1.165) is 11.4 Å². The third kappa shape index (κ3) is 3.05. The van der Waals surface area contributed by atoms with E-state index >= 15 is 0 Å². The Balaban J connectivity index is 2.83. The lowest BCUT2D eigenvalue weighted by atomic mass is 10.1. The highest BCUT2D eigenvalue weighted by molar-refractivity contribution is 5.75. The van der Waals surface area contributed by atoms with E-state index < -0.39 is 0 Å². The summed E-state index contributed by atoms with van der Waals surface area (Å²) in [7, 11) is 0. The Bertz CT molecular complexity index is 372. The molecule has 0 unspecified atom stereocenters. The molecule has 2 N–H and O–H groups in total. The van der Waals surface area contributed by atoms with Gasteiger partial charge >= 0.3 is 0 Å². The van der Waals surface area contributed by atoms with Crippen molar-refractivity contribution in [2.75, 3.05) is 0 Å². The van der Waals surface area contributed by atoms with Crippen LogP contribution in [0.5, 0.6) is 0 Å². The van der Waals surface area contributed by atoms with E-state index in [-0.39, 0.29) is 0 Å².